The van der Waals surface area contributed by atoms with Crippen molar-refractivity contribution in [1.29, 1.82) is 0 Å². The van der Waals surface area contributed by atoms with Gasteiger partial charge in [-0.15, -0.1) is 0 Å². The minimum absolute atomic E-state index is 0.0246. The lowest BCUT2D eigenvalue weighted by atomic mass is 10.0. The van der Waals surface area contributed by atoms with Gasteiger partial charge >= 0.3 is 5.97 Å². The van der Waals surface area contributed by atoms with Crippen LogP contribution in [0.1, 0.15) is 200 Å². The lowest BCUT2D eigenvalue weighted by Crippen LogP contribution is -2.05. The third-order valence-corrected chi connectivity index (χ3v) is 7.50. The Morgan fingerprint density at radius 3 is 0.943 bits per heavy atom. The van der Waals surface area contributed by atoms with Crippen molar-refractivity contribution in [2.45, 2.75) is 200 Å². The molecule has 0 bridgehead atoms. The highest BCUT2D eigenvalue weighted by atomic mass is 16.5. The normalized spacial score (nSPS) is 11.3. The largest absolute Gasteiger partial charge is 0.466 e. The molecule has 0 saturated carbocycles. The highest BCUT2D eigenvalue weighted by molar-refractivity contribution is 5.69. The van der Waals surface area contributed by atoms with Crippen molar-refractivity contribution in [3.63, 3.8) is 0 Å². The predicted octanol–water partition coefficient (Wildman–Crippen LogP) is 11.9. The van der Waals surface area contributed by atoms with Gasteiger partial charge in [-0.25, -0.2) is 0 Å². The molecule has 0 N–H and O–H groups in total. The zero-order chi connectivity index (χ0) is 25.5. The van der Waals surface area contributed by atoms with E-state index in [4.69, 9.17) is 4.74 Å². The molecule has 2 nitrogen and oxygen atoms in total. The lowest BCUT2D eigenvalue weighted by Gasteiger charge is -2.06. The number of esters is 1. The minimum atomic E-state index is 0.0246. The van der Waals surface area contributed by atoms with Crippen molar-refractivity contribution in [2.24, 2.45) is 0 Å². The van der Waals surface area contributed by atoms with Crippen molar-refractivity contribution >= 4 is 5.97 Å². The van der Waals surface area contributed by atoms with Crippen molar-refractivity contribution in [1.82, 2.24) is 0 Å². The van der Waals surface area contributed by atoms with Crippen LogP contribution in [0.15, 0.2) is 0 Å². The molecule has 0 heterocycles. The van der Waals surface area contributed by atoms with Gasteiger partial charge in [-0.3, -0.25) is 4.79 Å². The number of carbonyl (C=O) groups is 1. The monoisotopic (exact) mass is 495 g/mol. The second-order valence-corrected chi connectivity index (χ2v) is 11.2. The van der Waals surface area contributed by atoms with E-state index >= 15 is 0 Å². The Morgan fingerprint density at radius 2 is 0.629 bits per heavy atom. The van der Waals surface area contributed by atoms with E-state index in [1.165, 1.54) is 167 Å². The number of hydrogen-bond acceptors (Lipinski definition) is 2. The van der Waals surface area contributed by atoms with Crippen LogP contribution >= 0.6 is 0 Å². The Morgan fingerprint density at radius 1 is 0.371 bits per heavy atom. The highest BCUT2D eigenvalue weighted by Crippen LogP contribution is 2.15. The summed E-state index contributed by atoms with van der Waals surface area (Å²) in [6.07, 6.45) is 38.7. The van der Waals surface area contributed by atoms with E-state index in [2.05, 4.69) is 13.8 Å². The Bertz CT molecular complexity index is 393. The maximum absolute atomic E-state index is 11.8. The third-order valence-electron chi connectivity index (χ3n) is 7.50. The molecule has 0 atom stereocenters. The van der Waals surface area contributed by atoms with Crippen molar-refractivity contribution in [3.8, 4) is 0 Å². The number of ether oxygens (including phenoxy) is 1. The fourth-order valence-electron chi connectivity index (χ4n) is 5.02. The van der Waals surface area contributed by atoms with E-state index in [-0.39, 0.29) is 5.97 Å². The molecule has 0 amide bonds. The van der Waals surface area contributed by atoms with Gasteiger partial charge in [0.1, 0.15) is 0 Å². The smallest absolute Gasteiger partial charge is 0.305 e. The second-order valence-electron chi connectivity index (χ2n) is 11.2. The molecule has 0 aromatic rings. The van der Waals surface area contributed by atoms with Gasteiger partial charge in [-0.1, -0.05) is 181 Å². The molecule has 0 spiro atoms. The molecule has 2 heteroatoms. The maximum atomic E-state index is 11.8. The highest BCUT2D eigenvalue weighted by Gasteiger charge is 2.02. The molecule has 0 aliphatic rings. The van der Waals surface area contributed by atoms with Gasteiger partial charge in [0.2, 0.25) is 0 Å². The molecule has 0 unspecified atom stereocenters. The van der Waals surface area contributed by atoms with Crippen LogP contribution in [0.25, 0.3) is 0 Å². The zero-order valence-electron chi connectivity index (χ0n) is 24.5. The van der Waals surface area contributed by atoms with E-state index in [0.29, 0.717) is 13.0 Å². The number of carbonyl (C=O) groups excluding carboxylic acids is 1. The quantitative estimate of drug-likeness (QED) is 0.0732. The molecular weight excluding hydrogens is 428 g/mol. The van der Waals surface area contributed by atoms with Crippen LogP contribution < -0.4 is 0 Å². The van der Waals surface area contributed by atoms with Crippen LogP contribution in [0.4, 0.5) is 0 Å². The van der Waals surface area contributed by atoms with Crippen molar-refractivity contribution in [2.75, 3.05) is 6.61 Å². The molecule has 0 saturated heterocycles. The third kappa shape index (κ3) is 31.4. The standard InChI is InChI=1S/C33H66O2/c1-3-5-7-9-11-13-14-15-16-17-18-19-20-21-22-23-25-27-29-31-33(34)35-32-30-28-26-24-12-10-8-6-4-2/h3-32H2,1-2H3. The summed E-state index contributed by atoms with van der Waals surface area (Å²) in [6, 6.07) is 0. The molecule has 0 aliphatic carbocycles. The summed E-state index contributed by atoms with van der Waals surface area (Å²) in [7, 11) is 0. The van der Waals surface area contributed by atoms with Gasteiger partial charge < -0.3 is 4.74 Å². The minimum Gasteiger partial charge on any atom is -0.466 e. The molecule has 0 aromatic heterocycles. The van der Waals surface area contributed by atoms with E-state index < -0.39 is 0 Å². The maximum Gasteiger partial charge on any atom is 0.305 e. The summed E-state index contributed by atoms with van der Waals surface area (Å²) < 4.78 is 5.40. The molecule has 210 valence electrons. The van der Waals surface area contributed by atoms with Crippen molar-refractivity contribution < 1.29 is 9.53 Å². The van der Waals surface area contributed by atoms with Gasteiger partial charge in [0.15, 0.2) is 0 Å². The molecule has 0 aromatic carbocycles. The van der Waals surface area contributed by atoms with Crippen LogP contribution in [0.5, 0.6) is 0 Å². The second kappa shape index (κ2) is 31.5. The summed E-state index contributed by atoms with van der Waals surface area (Å²) in [4.78, 5) is 11.8. The Balaban J connectivity index is 3.12. The van der Waals surface area contributed by atoms with Crippen LogP contribution in [-0.2, 0) is 9.53 Å². The first kappa shape index (κ1) is 34.5. The van der Waals surface area contributed by atoms with Gasteiger partial charge in [0.25, 0.3) is 0 Å². The lowest BCUT2D eigenvalue weighted by molar-refractivity contribution is -0.143. The van der Waals surface area contributed by atoms with Crippen LogP contribution in [0.2, 0.25) is 0 Å². The van der Waals surface area contributed by atoms with E-state index in [9.17, 15) is 4.79 Å². The summed E-state index contributed by atoms with van der Waals surface area (Å²) >= 11 is 0. The van der Waals surface area contributed by atoms with Crippen molar-refractivity contribution in [3.05, 3.63) is 0 Å². The van der Waals surface area contributed by atoms with Crippen LogP contribution in [0.3, 0.4) is 0 Å². The van der Waals surface area contributed by atoms with E-state index in [1.807, 2.05) is 0 Å². The zero-order valence-corrected chi connectivity index (χ0v) is 24.5. The average Bonchev–Trinajstić information content (AvgIpc) is 2.86. The van der Waals surface area contributed by atoms with E-state index in [0.717, 1.165) is 12.8 Å². The average molecular weight is 495 g/mol. The van der Waals surface area contributed by atoms with Gasteiger partial charge in [0, 0.05) is 6.42 Å². The van der Waals surface area contributed by atoms with Crippen LogP contribution in [-0.4, -0.2) is 12.6 Å². The Kier molecular flexibility index (Phi) is 31.0. The molecule has 0 rings (SSSR count). The first-order valence-corrected chi connectivity index (χ1v) is 16.5. The van der Waals surface area contributed by atoms with E-state index in [1.54, 1.807) is 0 Å². The fraction of sp³-hybridized carbons (Fsp3) is 0.970. The fourth-order valence-corrected chi connectivity index (χ4v) is 5.02. The predicted molar refractivity (Wildman–Crippen MR) is 156 cm³/mol. The number of hydrogen-bond donors (Lipinski definition) is 0. The number of rotatable bonds is 30. The Hall–Kier alpha value is -0.530. The first-order valence-electron chi connectivity index (χ1n) is 16.5. The van der Waals surface area contributed by atoms with Gasteiger partial charge in [-0.05, 0) is 12.8 Å². The molecule has 0 aliphatic heterocycles. The summed E-state index contributed by atoms with van der Waals surface area (Å²) in [5.74, 6) is 0.0246. The van der Waals surface area contributed by atoms with Gasteiger partial charge in [0.05, 0.1) is 6.61 Å². The van der Waals surface area contributed by atoms with Crippen LogP contribution in [0, 0.1) is 0 Å². The summed E-state index contributed by atoms with van der Waals surface area (Å²) in [5, 5.41) is 0. The molecule has 0 radical (unpaired) electrons. The first-order chi connectivity index (χ1) is 17.3. The Labute approximate surface area is 222 Å². The SMILES string of the molecule is CCCCCCCCCCCCCCCCCCCCCC(=O)OCCCCCCCCCCC. The number of unbranched alkanes of at least 4 members (excludes halogenated alkanes) is 26. The summed E-state index contributed by atoms with van der Waals surface area (Å²) in [5.41, 5.74) is 0. The van der Waals surface area contributed by atoms with Gasteiger partial charge in [-0.2, -0.15) is 0 Å². The molecule has 35 heavy (non-hydrogen) atoms. The summed E-state index contributed by atoms with van der Waals surface area (Å²) in [6.45, 7) is 5.19. The topological polar surface area (TPSA) is 26.3 Å². The molecular formula is C33H66O2. The molecule has 0 fully saturated rings.